The summed E-state index contributed by atoms with van der Waals surface area (Å²) in [4.78, 5) is 26.9. The van der Waals surface area contributed by atoms with E-state index in [0.29, 0.717) is 11.3 Å². The molecule has 1 heterocycles. The van der Waals surface area contributed by atoms with Gasteiger partial charge in [0.15, 0.2) is 0 Å². The Labute approximate surface area is 174 Å². The molecule has 1 aromatic heterocycles. The van der Waals surface area contributed by atoms with Gasteiger partial charge in [-0.2, -0.15) is 0 Å². The Morgan fingerprint density at radius 3 is 2.41 bits per heavy atom. The van der Waals surface area contributed by atoms with Gasteiger partial charge in [-0.15, -0.1) is 11.3 Å². The lowest BCUT2D eigenvalue weighted by Crippen LogP contribution is -2.13. The third-order valence-corrected chi connectivity index (χ3v) is 6.46. The Morgan fingerprint density at radius 1 is 0.966 bits per heavy atom. The summed E-state index contributed by atoms with van der Waals surface area (Å²) in [5.74, 6) is -0.144. The number of thiophene rings is 1. The minimum Gasteiger partial charge on any atom is -0.469 e. The van der Waals surface area contributed by atoms with Crippen LogP contribution in [0.5, 0.6) is 5.75 Å². The molecule has 148 valence electrons. The molecule has 1 aliphatic carbocycles. The molecule has 2 aromatic carbocycles. The summed E-state index contributed by atoms with van der Waals surface area (Å²) in [5.41, 5.74) is 3.71. The van der Waals surface area contributed by atoms with E-state index in [1.807, 2.05) is 30.3 Å². The van der Waals surface area contributed by atoms with Gasteiger partial charge in [0, 0.05) is 9.75 Å². The largest absolute Gasteiger partial charge is 0.469 e. The molecule has 0 bridgehead atoms. The van der Waals surface area contributed by atoms with Crippen LogP contribution >= 0.6 is 11.3 Å². The van der Waals surface area contributed by atoms with Crippen molar-refractivity contribution >= 4 is 23.3 Å². The number of ether oxygens (including phenoxy) is 2. The number of hydrogen-bond acceptors (Lipinski definition) is 5. The van der Waals surface area contributed by atoms with Crippen LogP contribution in [-0.2, 0) is 28.8 Å². The average Bonchev–Trinajstić information content (AvgIpc) is 3.15. The highest BCUT2D eigenvalue weighted by Crippen LogP contribution is 2.40. The first kappa shape index (κ1) is 19.4. The number of carbonyl (C=O) groups is 2. The highest BCUT2D eigenvalue weighted by atomic mass is 32.1. The first-order valence-corrected chi connectivity index (χ1v) is 10.5. The van der Waals surface area contributed by atoms with Gasteiger partial charge < -0.3 is 9.47 Å². The molecule has 0 spiro atoms. The summed E-state index contributed by atoms with van der Waals surface area (Å²) in [6, 6.07) is 17.0. The fourth-order valence-electron chi connectivity index (χ4n) is 3.65. The summed E-state index contributed by atoms with van der Waals surface area (Å²) < 4.78 is 10.4. The van der Waals surface area contributed by atoms with Crippen molar-refractivity contribution in [2.24, 2.45) is 0 Å². The monoisotopic (exact) mass is 406 g/mol. The molecule has 0 amide bonds. The molecule has 0 saturated heterocycles. The van der Waals surface area contributed by atoms with Crippen molar-refractivity contribution in [3.8, 4) is 16.2 Å². The highest BCUT2D eigenvalue weighted by molar-refractivity contribution is 7.16. The smallest absolute Gasteiger partial charge is 0.345 e. The van der Waals surface area contributed by atoms with E-state index in [0.717, 1.165) is 47.3 Å². The van der Waals surface area contributed by atoms with Gasteiger partial charge in [-0.1, -0.05) is 42.5 Å². The Bertz CT molecular complexity index is 1020. The molecule has 0 atom stereocenters. The van der Waals surface area contributed by atoms with Crippen molar-refractivity contribution in [3.05, 3.63) is 76.2 Å². The summed E-state index contributed by atoms with van der Waals surface area (Å²) in [6.45, 7) is 0. The third kappa shape index (κ3) is 4.25. The predicted molar refractivity (Wildman–Crippen MR) is 114 cm³/mol. The van der Waals surface area contributed by atoms with Crippen molar-refractivity contribution in [2.75, 3.05) is 7.11 Å². The van der Waals surface area contributed by atoms with Crippen LogP contribution in [0.25, 0.3) is 10.4 Å². The fraction of sp³-hybridized carbons (Fsp3) is 0.250. The van der Waals surface area contributed by atoms with Crippen LogP contribution in [0.3, 0.4) is 0 Å². The van der Waals surface area contributed by atoms with E-state index in [9.17, 15) is 9.59 Å². The number of methoxy groups -OCH3 is 1. The van der Waals surface area contributed by atoms with Gasteiger partial charge in [0.05, 0.1) is 19.1 Å². The Balaban J connectivity index is 1.61. The molecule has 0 N–H and O–H groups in total. The number of fused-ring (bicyclic) bond motifs is 1. The third-order valence-electron chi connectivity index (χ3n) is 5.12. The van der Waals surface area contributed by atoms with E-state index in [2.05, 4.69) is 4.74 Å². The number of carbonyl (C=O) groups excluding carboxylic acids is 2. The van der Waals surface area contributed by atoms with Crippen LogP contribution in [0.1, 0.15) is 39.2 Å². The number of esters is 2. The van der Waals surface area contributed by atoms with Gasteiger partial charge in [-0.3, -0.25) is 4.79 Å². The average molecular weight is 407 g/mol. The van der Waals surface area contributed by atoms with Crippen molar-refractivity contribution in [2.45, 2.75) is 32.1 Å². The van der Waals surface area contributed by atoms with Gasteiger partial charge in [0.2, 0.25) is 0 Å². The molecule has 0 fully saturated rings. The summed E-state index contributed by atoms with van der Waals surface area (Å²) in [7, 11) is 1.37. The molecular formula is C24H22O4S. The summed E-state index contributed by atoms with van der Waals surface area (Å²) in [5, 5.41) is 0. The molecule has 29 heavy (non-hydrogen) atoms. The van der Waals surface area contributed by atoms with Gasteiger partial charge in [-0.25, -0.2) is 4.79 Å². The van der Waals surface area contributed by atoms with Crippen LogP contribution in [0, 0.1) is 0 Å². The molecule has 0 unspecified atom stereocenters. The fourth-order valence-corrected chi connectivity index (χ4v) is 5.03. The van der Waals surface area contributed by atoms with Crippen LogP contribution in [-0.4, -0.2) is 19.0 Å². The molecule has 5 heteroatoms. The van der Waals surface area contributed by atoms with E-state index in [1.54, 1.807) is 35.6 Å². The number of rotatable bonds is 5. The van der Waals surface area contributed by atoms with Crippen LogP contribution in [0.4, 0.5) is 0 Å². The molecule has 0 saturated carbocycles. The Hall–Kier alpha value is -2.92. The second kappa shape index (κ2) is 8.62. The standard InChI is InChI=1S/C24H22O4S/c1-27-21(25)15-16-11-13-18(14-12-16)28-24(26)22-19-9-5-6-10-20(19)29-23(22)17-7-3-2-4-8-17/h2-4,7-8,11-14H,5-6,9-10,15H2,1H3. The van der Waals surface area contributed by atoms with Gasteiger partial charge >= 0.3 is 11.9 Å². The summed E-state index contributed by atoms with van der Waals surface area (Å²) in [6.07, 6.45) is 4.40. The minimum absolute atomic E-state index is 0.195. The zero-order valence-corrected chi connectivity index (χ0v) is 17.1. The zero-order valence-electron chi connectivity index (χ0n) is 16.3. The topological polar surface area (TPSA) is 52.6 Å². The molecule has 0 aliphatic heterocycles. The van der Waals surface area contributed by atoms with Crippen molar-refractivity contribution in [1.82, 2.24) is 0 Å². The van der Waals surface area contributed by atoms with Gasteiger partial charge in [0.1, 0.15) is 5.75 Å². The lowest BCUT2D eigenvalue weighted by molar-refractivity contribution is -0.139. The van der Waals surface area contributed by atoms with Gasteiger partial charge in [0.25, 0.3) is 0 Å². The van der Waals surface area contributed by atoms with Crippen molar-refractivity contribution in [3.63, 3.8) is 0 Å². The predicted octanol–water partition coefficient (Wildman–Crippen LogP) is 5.23. The van der Waals surface area contributed by atoms with Crippen LogP contribution < -0.4 is 4.74 Å². The SMILES string of the molecule is COC(=O)Cc1ccc(OC(=O)c2c(-c3ccccc3)sc3c2CCCC3)cc1. The maximum atomic E-state index is 13.2. The second-order valence-electron chi connectivity index (χ2n) is 7.07. The quantitative estimate of drug-likeness (QED) is 0.430. The second-order valence-corrected chi connectivity index (χ2v) is 8.17. The van der Waals surface area contributed by atoms with E-state index in [4.69, 9.17) is 4.74 Å². The summed E-state index contributed by atoms with van der Waals surface area (Å²) >= 11 is 1.71. The van der Waals surface area contributed by atoms with Crippen molar-refractivity contribution < 1.29 is 19.1 Å². The van der Waals surface area contributed by atoms with Crippen molar-refractivity contribution in [1.29, 1.82) is 0 Å². The first-order valence-electron chi connectivity index (χ1n) is 9.73. The number of hydrogen-bond donors (Lipinski definition) is 0. The molecule has 4 rings (SSSR count). The maximum Gasteiger partial charge on any atom is 0.345 e. The van der Waals surface area contributed by atoms with E-state index < -0.39 is 0 Å². The molecule has 1 aliphatic rings. The molecular weight excluding hydrogens is 384 g/mol. The molecule has 0 radical (unpaired) electrons. The van der Waals surface area contributed by atoms with Crippen LogP contribution in [0.15, 0.2) is 54.6 Å². The number of aryl methyl sites for hydroxylation is 1. The van der Waals surface area contributed by atoms with E-state index in [1.165, 1.54) is 12.0 Å². The minimum atomic E-state index is -0.316. The maximum absolute atomic E-state index is 13.2. The van der Waals surface area contributed by atoms with E-state index in [-0.39, 0.29) is 18.4 Å². The zero-order chi connectivity index (χ0) is 20.2. The normalized spacial score (nSPS) is 12.9. The molecule has 3 aromatic rings. The Morgan fingerprint density at radius 2 is 1.69 bits per heavy atom. The van der Waals surface area contributed by atoms with Gasteiger partial charge in [-0.05, 0) is 54.5 Å². The first-order chi connectivity index (χ1) is 14.2. The Kier molecular flexibility index (Phi) is 5.76. The number of benzene rings is 2. The van der Waals surface area contributed by atoms with Crippen LogP contribution in [0.2, 0.25) is 0 Å². The lowest BCUT2D eigenvalue weighted by atomic mass is 9.94. The highest BCUT2D eigenvalue weighted by Gasteiger charge is 2.27. The lowest BCUT2D eigenvalue weighted by Gasteiger charge is -2.13. The molecule has 4 nitrogen and oxygen atoms in total. The van der Waals surface area contributed by atoms with E-state index >= 15 is 0 Å².